The lowest BCUT2D eigenvalue weighted by atomic mass is 9.95. The quantitative estimate of drug-likeness (QED) is 0.585. The molecule has 2 heterocycles. The van der Waals surface area contributed by atoms with E-state index < -0.39 is 4.92 Å². The number of non-ortho nitro benzene ring substituents is 1. The standard InChI is InChI=1S/C18H23N5O4/c1-12(22-10-4-5-14(11-22)18(24)21(2)3)16-19-20-17(27-16)13-6-8-15(9-7-13)23(25)26/h6-9,12,14H,4-5,10-11H2,1-3H3. The zero-order valence-corrected chi connectivity index (χ0v) is 15.7. The summed E-state index contributed by atoms with van der Waals surface area (Å²) in [4.78, 5) is 26.4. The molecule has 1 aliphatic rings. The van der Waals surface area contributed by atoms with Gasteiger partial charge in [0.25, 0.3) is 5.69 Å². The average molecular weight is 373 g/mol. The molecule has 1 fully saturated rings. The first-order chi connectivity index (χ1) is 12.9. The largest absolute Gasteiger partial charge is 0.419 e. The van der Waals surface area contributed by atoms with Gasteiger partial charge in [0.2, 0.25) is 17.7 Å². The molecule has 0 N–H and O–H groups in total. The van der Waals surface area contributed by atoms with Gasteiger partial charge in [0.1, 0.15) is 0 Å². The summed E-state index contributed by atoms with van der Waals surface area (Å²) in [5, 5.41) is 19.0. The third-order valence-corrected chi connectivity index (χ3v) is 4.91. The Morgan fingerprint density at radius 2 is 2.04 bits per heavy atom. The SMILES string of the molecule is CC(c1nnc(-c2ccc([N+](=O)[O-])cc2)o1)N1CCCC(C(=O)N(C)C)C1. The van der Waals surface area contributed by atoms with E-state index in [0.29, 0.717) is 23.9 Å². The van der Waals surface area contributed by atoms with E-state index in [4.69, 9.17) is 4.42 Å². The lowest BCUT2D eigenvalue weighted by Crippen LogP contribution is -2.43. The van der Waals surface area contributed by atoms with Crippen LogP contribution in [0.1, 0.15) is 31.7 Å². The lowest BCUT2D eigenvalue weighted by molar-refractivity contribution is -0.384. The predicted octanol–water partition coefficient (Wildman–Crippen LogP) is 2.51. The number of carbonyl (C=O) groups is 1. The number of benzene rings is 1. The van der Waals surface area contributed by atoms with Gasteiger partial charge in [0.15, 0.2) is 0 Å². The van der Waals surface area contributed by atoms with Crippen LogP contribution < -0.4 is 0 Å². The Bertz CT molecular complexity index is 817. The van der Waals surface area contributed by atoms with Gasteiger partial charge in [0, 0.05) is 38.3 Å². The Labute approximate surface area is 157 Å². The second-order valence-electron chi connectivity index (χ2n) is 6.99. The number of piperidine rings is 1. The number of hydrogen-bond donors (Lipinski definition) is 0. The zero-order valence-electron chi connectivity index (χ0n) is 15.7. The van der Waals surface area contributed by atoms with Crippen LogP contribution >= 0.6 is 0 Å². The molecule has 0 saturated carbocycles. The van der Waals surface area contributed by atoms with Crippen molar-refractivity contribution < 1.29 is 14.1 Å². The van der Waals surface area contributed by atoms with Crippen molar-refractivity contribution in [1.82, 2.24) is 20.0 Å². The van der Waals surface area contributed by atoms with Crippen molar-refractivity contribution in [3.8, 4) is 11.5 Å². The molecule has 2 atom stereocenters. The summed E-state index contributed by atoms with van der Waals surface area (Å²) >= 11 is 0. The van der Waals surface area contributed by atoms with Crippen molar-refractivity contribution >= 4 is 11.6 Å². The topological polar surface area (TPSA) is 106 Å². The molecule has 0 aliphatic carbocycles. The maximum atomic E-state index is 12.3. The number of carbonyl (C=O) groups excluding carboxylic acids is 1. The molecule has 27 heavy (non-hydrogen) atoms. The number of aromatic nitrogens is 2. The highest BCUT2D eigenvalue weighted by atomic mass is 16.6. The van der Waals surface area contributed by atoms with Crippen LogP contribution in [0.15, 0.2) is 28.7 Å². The molecular weight excluding hydrogens is 350 g/mol. The van der Waals surface area contributed by atoms with Crippen LogP contribution in [-0.4, -0.2) is 58.0 Å². The lowest BCUT2D eigenvalue weighted by Gasteiger charge is -2.35. The highest BCUT2D eigenvalue weighted by molar-refractivity contribution is 5.78. The van der Waals surface area contributed by atoms with Gasteiger partial charge in [-0.15, -0.1) is 10.2 Å². The summed E-state index contributed by atoms with van der Waals surface area (Å²) < 4.78 is 5.80. The van der Waals surface area contributed by atoms with Gasteiger partial charge in [-0.1, -0.05) is 0 Å². The van der Waals surface area contributed by atoms with Crippen molar-refractivity contribution in [2.24, 2.45) is 5.92 Å². The number of nitrogens with zero attached hydrogens (tertiary/aromatic N) is 5. The van der Waals surface area contributed by atoms with Crippen LogP contribution in [0.4, 0.5) is 5.69 Å². The van der Waals surface area contributed by atoms with Gasteiger partial charge in [-0.05, 0) is 38.4 Å². The maximum absolute atomic E-state index is 12.3. The highest BCUT2D eigenvalue weighted by Gasteiger charge is 2.31. The first-order valence-electron chi connectivity index (χ1n) is 8.90. The van der Waals surface area contributed by atoms with Gasteiger partial charge in [0.05, 0.1) is 16.9 Å². The number of nitro benzene ring substituents is 1. The van der Waals surface area contributed by atoms with E-state index in [-0.39, 0.29) is 23.6 Å². The molecule has 0 bridgehead atoms. The van der Waals surface area contributed by atoms with Crippen molar-refractivity contribution in [3.05, 3.63) is 40.3 Å². The average Bonchev–Trinajstić information content (AvgIpc) is 3.17. The van der Waals surface area contributed by atoms with Crippen molar-refractivity contribution in [1.29, 1.82) is 0 Å². The van der Waals surface area contributed by atoms with Gasteiger partial charge >= 0.3 is 0 Å². The van der Waals surface area contributed by atoms with Gasteiger partial charge in [-0.2, -0.15) is 0 Å². The zero-order chi connectivity index (χ0) is 19.6. The smallest absolute Gasteiger partial charge is 0.269 e. The minimum atomic E-state index is -0.451. The van der Waals surface area contributed by atoms with Crippen molar-refractivity contribution in [2.45, 2.75) is 25.8 Å². The minimum absolute atomic E-state index is 0.0109. The van der Waals surface area contributed by atoms with Crippen LogP contribution in [-0.2, 0) is 4.79 Å². The molecule has 2 unspecified atom stereocenters. The summed E-state index contributed by atoms with van der Waals surface area (Å²) in [5.74, 6) is 0.920. The monoisotopic (exact) mass is 373 g/mol. The molecule has 3 rings (SSSR count). The number of hydrogen-bond acceptors (Lipinski definition) is 7. The van der Waals surface area contributed by atoms with Crippen LogP contribution in [0.3, 0.4) is 0 Å². The summed E-state index contributed by atoms with van der Waals surface area (Å²) in [5.41, 5.74) is 0.641. The Kier molecular flexibility index (Phi) is 5.50. The Morgan fingerprint density at radius 3 is 2.67 bits per heavy atom. The van der Waals surface area contributed by atoms with E-state index in [2.05, 4.69) is 15.1 Å². The Balaban J connectivity index is 1.71. The molecule has 1 aliphatic heterocycles. The Hall–Kier alpha value is -2.81. The van der Waals surface area contributed by atoms with E-state index in [9.17, 15) is 14.9 Å². The van der Waals surface area contributed by atoms with Crippen LogP contribution in [0.5, 0.6) is 0 Å². The van der Waals surface area contributed by atoms with Crippen LogP contribution in [0, 0.1) is 16.0 Å². The predicted molar refractivity (Wildman–Crippen MR) is 97.8 cm³/mol. The molecule has 9 nitrogen and oxygen atoms in total. The molecule has 9 heteroatoms. The number of rotatable bonds is 5. The fraction of sp³-hybridized carbons (Fsp3) is 0.500. The number of nitro groups is 1. The van der Waals surface area contributed by atoms with Gasteiger partial charge in [-0.25, -0.2) is 0 Å². The van der Waals surface area contributed by atoms with E-state index in [1.165, 1.54) is 12.1 Å². The minimum Gasteiger partial charge on any atom is -0.419 e. The molecule has 1 aromatic carbocycles. The molecule has 0 radical (unpaired) electrons. The first kappa shape index (κ1) is 19.0. The summed E-state index contributed by atoms with van der Waals surface area (Å²) in [6, 6.07) is 5.89. The first-order valence-corrected chi connectivity index (χ1v) is 8.90. The highest BCUT2D eigenvalue weighted by Crippen LogP contribution is 2.29. The molecular formula is C18H23N5O4. The van der Waals surface area contributed by atoms with E-state index in [1.807, 2.05) is 6.92 Å². The molecule has 1 amide bonds. The third kappa shape index (κ3) is 4.13. The summed E-state index contributed by atoms with van der Waals surface area (Å²) in [6.07, 6.45) is 1.83. The van der Waals surface area contributed by atoms with Crippen molar-refractivity contribution in [2.75, 3.05) is 27.2 Å². The molecule has 1 saturated heterocycles. The maximum Gasteiger partial charge on any atom is 0.269 e. The second kappa shape index (κ2) is 7.83. The third-order valence-electron chi connectivity index (χ3n) is 4.91. The molecule has 1 aromatic heterocycles. The fourth-order valence-corrected chi connectivity index (χ4v) is 3.33. The fourth-order valence-electron chi connectivity index (χ4n) is 3.33. The van der Waals surface area contributed by atoms with Gasteiger partial charge in [-0.3, -0.25) is 19.8 Å². The summed E-state index contributed by atoms with van der Waals surface area (Å²) in [6.45, 7) is 3.51. The number of likely N-dealkylation sites (tertiary alicyclic amines) is 1. The van der Waals surface area contributed by atoms with E-state index in [0.717, 1.165) is 19.4 Å². The second-order valence-corrected chi connectivity index (χ2v) is 6.99. The van der Waals surface area contributed by atoms with E-state index in [1.54, 1.807) is 31.1 Å². The van der Waals surface area contributed by atoms with Crippen molar-refractivity contribution in [3.63, 3.8) is 0 Å². The normalized spacial score (nSPS) is 18.9. The Morgan fingerprint density at radius 1 is 1.33 bits per heavy atom. The van der Waals surface area contributed by atoms with Crippen LogP contribution in [0.2, 0.25) is 0 Å². The van der Waals surface area contributed by atoms with Crippen LogP contribution in [0.25, 0.3) is 11.5 Å². The number of amides is 1. The summed E-state index contributed by atoms with van der Waals surface area (Å²) in [7, 11) is 3.55. The molecule has 0 spiro atoms. The van der Waals surface area contributed by atoms with E-state index >= 15 is 0 Å². The molecule has 144 valence electrons. The van der Waals surface area contributed by atoms with Gasteiger partial charge < -0.3 is 9.32 Å². The molecule has 2 aromatic rings.